The van der Waals surface area contributed by atoms with Crippen molar-refractivity contribution in [1.82, 2.24) is 4.90 Å². The Bertz CT molecular complexity index is 716. The van der Waals surface area contributed by atoms with Crippen LogP contribution in [0.4, 0.5) is 5.69 Å². The van der Waals surface area contributed by atoms with E-state index in [4.69, 9.17) is 4.74 Å². The number of carbonyl (C=O) groups is 1. The lowest BCUT2D eigenvalue weighted by atomic mass is 9.96. The summed E-state index contributed by atoms with van der Waals surface area (Å²) >= 11 is 0. The molecule has 0 aliphatic carbocycles. The largest absolute Gasteiger partial charge is 0.494 e. The second-order valence-electron chi connectivity index (χ2n) is 6.32. The van der Waals surface area contributed by atoms with Gasteiger partial charge in [-0.25, -0.2) is 0 Å². The number of anilines is 1. The summed E-state index contributed by atoms with van der Waals surface area (Å²) in [5.41, 5.74) is 2.93. The Balaban J connectivity index is 0.00000225. The van der Waals surface area contributed by atoms with Crippen LogP contribution in [-0.4, -0.2) is 44.1 Å². The number of nitrogens with zero attached hydrogens (tertiary/aromatic N) is 2. The van der Waals surface area contributed by atoms with Crippen LogP contribution in [-0.2, 0) is 6.42 Å². The number of rotatable bonds is 4. The highest BCUT2D eigenvalue weighted by Crippen LogP contribution is 2.29. The summed E-state index contributed by atoms with van der Waals surface area (Å²) in [6.45, 7) is 3.28. The van der Waals surface area contributed by atoms with E-state index in [1.165, 1.54) is 5.56 Å². The molecule has 1 aliphatic heterocycles. The van der Waals surface area contributed by atoms with Gasteiger partial charge in [0.1, 0.15) is 5.75 Å². The van der Waals surface area contributed by atoms with Crippen LogP contribution >= 0.6 is 24.0 Å². The highest BCUT2D eigenvalue weighted by Gasteiger charge is 2.29. The van der Waals surface area contributed by atoms with Gasteiger partial charge in [-0.1, -0.05) is 18.2 Å². The number of hydrogen-bond donors (Lipinski definition) is 0. The first-order chi connectivity index (χ1) is 11.6. The molecule has 5 heteroatoms. The van der Waals surface area contributed by atoms with Crippen LogP contribution in [0.2, 0.25) is 0 Å². The van der Waals surface area contributed by atoms with E-state index < -0.39 is 0 Å². The van der Waals surface area contributed by atoms with E-state index in [2.05, 4.69) is 25.1 Å². The number of para-hydroxylation sites is 1. The number of carbonyl (C=O) groups excluding carboxylic acids is 1. The van der Waals surface area contributed by atoms with Crippen molar-refractivity contribution < 1.29 is 9.53 Å². The van der Waals surface area contributed by atoms with Gasteiger partial charge in [-0.3, -0.25) is 4.79 Å². The van der Waals surface area contributed by atoms with E-state index >= 15 is 0 Å². The van der Waals surface area contributed by atoms with Gasteiger partial charge in [0.25, 0.3) is 5.91 Å². The summed E-state index contributed by atoms with van der Waals surface area (Å²) < 4.78 is 5.46. The van der Waals surface area contributed by atoms with Gasteiger partial charge < -0.3 is 14.5 Å². The standard InChI is InChI=1S/C20H24N2O2.HI/c1-4-24-18-11-9-15(10-12-18)20(23)22-14-17(21(2)3)13-16-7-5-6-8-19(16)22;/h5-12,17H,4,13-14H2,1-3H3;1H. The van der Waals surface area contributed by atoms with Crippen LogP contribution in [0, 0.1) is 0 Å². The van der Waals surface area contributed by atoms with Crippen molar-refractivity contribution in [2.24, 2.45) is 0 Å². The molecule has 0 fully saturated rings. The van der Waals surface area contributed by atoms with Gasteiger partial charge in [0, 0.05) is 23.8 Å². The third-order valence-corrected chi connectivity index (χ3v) is 4.52. The molecular weight excluding hydrogens is 427 g/mol. The number of hydrogen-bond acceptors (Lipinski definition) is 3. The number of halogens is 1. The minimum Gasteiger partial charge on any atom is -0.494 e. The van der Waals surface area contributed by atoms with Gasteiger partial charge in [0.15, 0.2) is 0 Å². The summed E-state index contributed by atoms with van der Waals surface area (Å²) in [7, 11) is 4.14. The predicted octanol–water partition coefficient (Wildman–Crippen LogP) is 3.84. The number of ether oxygens (including phenoxy) is 1. The lowest BCUT2D eigenvalue weighted by molar-refractivity contribution is 0.0976. The Morgan fingerprint density at radius 3 is 2.48 bits per heavy atom. The fourth-order valence-corrected chi connectivity index (χ4v) is 3.13. The Hall–Kier alpha value is -1.60. The average molecular weight is 452 g/mol. The highest BCUT2D eigenvalue weighted by atomic mass is 127. The van der Waals surface area contributed by atoms with Gasteiger partial charge >= 0.3 is 0 Å². The molecule has 1 atom stereocenters. The third-order valence-electron chi connectivity index (χ3n) is 4.52. The van der Waals surface area contributed by atoms with Crippen molar-refractivity contribution in [2.45, 2.75) is 19.4 Å². The molecule has 1 aliphatic rings. The first-order valence-electron chi connectivity index (χ1n) is 8.39. The molecule has 0 aromatic heterocycles. The molecule has 134 valence electrons. The maximum Gasteiger partial charge on any atom is 0.258 e. The third kappa shape index (κ3) is 4.33. The summed E-state index contributed by atoms with van der Waals surface area (Å²) in [4.78, 5) is 17.2. The van der Waals surface area contributed by atoms with Crippen LogP contribution in [0.3, 0.4) is 0 Å². The van der Waals surface area contributed by atoms with Crippen molar-refractivity contribution in [3.63, 3.8) is 0 Å². The second kappa shape index (κ2) is 8.67. The molecule has 0 saturated heterocycles. The van der Waals surface area contributed by atoms with E-state index in [1.807, 2.05) is 54.3 Å². The van der Waals surface area contributed by atoms with Crippen molar-refractivity contribution in [3.8, 4) is 5.75 Å². The van der Waals surface area contributed by atoms with E-state index in [0.29, 0.717) is 24.8 Å². The highest BCUT2D eigenvalue weighted by molar-refractivity contribution is 14.0. The second-order valence-corrected chi connectivity index (χ2v) is 6.32. The zero-order chi connectivity index (χ0) is 17.1. The fourth-order valence-electron chi connectivity index (χ4n) is 3.13. The molecule has 0 bridgehead atoms. The molecule has 0 saturated carbocycles. The van der Waals surface area contributed by atoms with Crippen LogP contribution < -0.4 is 9.64 Å². The fraction of sp³-hybridized carbons (Fsp3) is 0.350. The molecule has 0 radical (unpaired) electrons. The number of benzene rings is 2. The molecule has 2 aromatic rings. The zero-order valence-corrected chi connectivity index (χ0v) is 17.3. The minimum atomic E-state index is 0. The van der Waals surface area contributed by atoms with Crippen LogP contribution in [0.15, 0.2) is 48.5 Å². The van der Waals surface area contributed by atoms with Crippen molar-refractivity contribution in [2.75, 3.05) is 32.1 Å². The van der Waals surface area contributed by atoms with E-state index in [9.17, 15) is 4.79 Å². The normalized spacial score (nSPS) is 16.2. The maximum atomic E-state index is 13.1. The summed E-state index contributed by atoms with van der Waals surface area (Å²) in [6, 6.07) is 15.9. The smallest absolute Gasteiger partial charge is 0.258 e. The van der Waals surface area contributed by atoms with Gasteiger partial charge in [-0.15, -0.1) is 24.0 Å². The summed E-state index contributed by atoms with van der Waals surface area (Å²) in [5, 5.41) is 0. The molecule has 1 unspecified atom stereocenters. The first-order valence-corrected chi connectivity index (χ1v) is 8.39. The molecule has 25 heavy (non-hydrogen) atoms. The summed E-state index contributed by atoms with van der Waals surface area (Å²) in [6.07, 6.45) is 0.968. The van der Waals surface area contributed by atoms with Crippen LogP contribution in [0.5, 0.6) is 5.75 Å². The molecule has 1 amide bonds. The van der Waals surface area contributed by atoms with Crippen molar-refractivity contribution in [1.29, 1.82) is 0 Å². The van der Waals surface area contributed by atoms with E-state index in [1.54, 1.807) is 0 Å². The van der Waals surface area contributed by atoms with Crippen LogP contribution in [0.1, 0.15) is 22.8 Å². The lowest BCUT2D eigenvalue weighted by Crippen LogP contribution is -2.48. The lowest BCUT2D eigenvalue weighted by Gasteiger charge is -2.37. The molecule has 2 aromatic carbocycles. The first kappa shape index (κ1) is 19.7. The van der Waals surface area contributed by atoms with Crippen LogP contribution in [0.25, 0.3) is 0 Å². The van der Waals surface area contributed by atoms with Gasteiger partial charge in [-0.2, -0.15) is 0 Å². The molecular formula is C20H25IN2O2. The van der Waals surface area contributed by atoms with Crippen molar-refractivity contribution >= 4 is 35.6 Å². The minimum absolute atomic E-state index is 0. The number of fused-ring (bicyclic) bond motifs is 1. The molecule has 0 spiro atoms. The van der Waals surface area contributed by atoms with Gasteiger partial charge in [0.05, 0.1) is 6.61 Å². The Labute approximate surface area is 166 Å². The Kier molecular flexibility index (Phi) is 6.84. The molecule has 4 nitrogen and oxygen atoms in total. The maximum absolute atomic E-state index is 13.1. The average Bonchev–Trinajstić information content (AvgIpc) is 2.61. The Morgan fingerprint density at radius 2 is 1.84 bits per heavy atom. The molecule has 3 rings (SSSR count). The van der Waals surface area contributed by atoms with Crippen molar-refractivity contribution in [3.05, 3.63) is 59.7 Å². The number of amides is 1. The summed E-state index contributed by atoms with van der Waals surface area (Å²) in [5.74, 6) is 0.830. The SMILES string of the molecule is CCOc1ccc(C(=O)N2CC(N(C)C)Cc3ccccc32)cc1.I. The van der Waals surface area contributed by atoms with Gasteiger partial charge in [-0.05, 0) is 63.3 Å². The molecule has 1 heterocycles. The monoisotopic (exact) mass is 452 g/mol. The van der Waals surface area contributed by atoms with E-state index in [0.717, 1.165) is 17.9 Å². The zero-order valence-electron chi connectivity index (χ0n) is 14.9. The van der Waals surface area contributed by atoms with Gasteiger partial charge in [0.2, 0.25) is 0 Å². The molecule has 0 N–H and O–H groups in total. The topological polar surface area (TPSA) is 32.8 Å². The Morgan fingerprint density at radius 1 is 1.16 bits per heavy atom. The predicted molar refractivity (Wildman–Crippen MR) is 112 cm³/mol. The quantitative estimate of drug-likeness (QED) is 0.662. The van der Waals surface area contributed by atoms with E-state index in [-0.39, 0.29) is 29.9 Å². The number of likely N-dealkylation sites (N-methyl/N-ethyl adjacent to an activating group) is 1.